The summed E-state index contributed by atoms with van der Waals surface area (Å²) in [5, 5.41) is 18.7. The molecule has 152 valence electrons. The number of anilines is 1. The summed E-state index contributed by atoms with van der Waals surface area (Å²) in [4.78, 5) is 13.4. The first-order valence-electron chi connectivity index (χ1n) is 9.66. The number of hydrogen-bond acceptors (Lipinski definition) is 5. The number of phenolic OH excluding ortho intramolecular Hbond substituents is 1. The lowest BCUT2D eigenvalue weighted by Gasteiger charge is -2.34. The number of fused-ring (bicyclic) bond motifs is 1. The fourth-order valence-corrected chi connectivity index (χ4v) is 5.09. The first-order valence-corrected chi connectivity index (χ1v) is 10.4. The normalized spacial score (nSPS) is 20.6. The summed E-state index contributed by atoms with van der Waals surface area (Å²) in [6, 6.07) is 12.4. The predicted octanol–water partition coefficient (Wildman–Crippen LogP) is 5.95. The van der Waals surface area contributed by atoms with E-state index in [2.05, 4.69) is 10.5 Å². The average Bonchev–Trinajstić information content (AvgIpc) is 3.07. The quantitative estimate of drug-likeness (QED) is 0.514. The van der Waals surface area contributed by atoms with Crippen molar-refractivity contribution in [2.24, 2.45) is 0 Å². The third-order valence-corrected chi connectivity index (χ3v) is 6.47. The van der Waals surface area contributed by atoms with Crippen LogP contribution in [0.3, 0.4) is 0 Å². The standard InChI is InChI=1S/C23H18Cl2N2O3/c1-11-20-21(15-7-6-13(24)10-16(15)25)22-17(26-23(20)30-27-11)8-12(9-19(22)29)14-4-2-3-5-18(14)28/h2-7,10,12,21,26,28H,8-9H2,1H3/t12-,21+/m1/s1. The molecule has 1 aliphatic heterocycles. The smallest absolute Gasteiger partial charge is 0.233 e. The zero-order valence-electron chi connectivity index (χ0n) is 16.1. The first-order chi connectivity index (χ1) is 14.4. The number of aryl methyl sites for hydroxylation is 1. The highest BCUT2D eigenvalue weighted by molar-refractivity contribution is 6.35. The highest BCUT2D eigenvalue weighted by Crippen LogP contribution is 2.51. The highest BCUT2D eigenvalue weighted by atomic mass is 35.5. The Morgan fingerprint density at radius 3 is 2.70 bits per heavy atom. The van der Waals surface area contributed by atoms with Gasteiger partial charge in [0.05, 0.1) is 11.3 Å². The van der Waals surface area contributed by atoms with Crippen molar-refractivity contribution in [3.05, 3.63) is 86.2 Å². The van der Waals surface area contributed by atoms with Crippen LogP contribution in [0.25, 0.3) is 0 Å². The molecule has 2 N–H and O–H groups in total. The fourth-order valence-electron chi connectivity index (χ4n) is 4.57. The van der Waals surface area contributed by atoms with E-state index in [9.17, 15) is 9.90 Å². The Kier molecular flexibility index (Phi) is 4.60. The molecule has 1 aromatic heterocycles. The van der Waals surface area contributed by atoms with Crippen molar-refractivity contribution >= 4 is 34.9 Å². The van der Waals surface area contributed by atoms with Gasteiger partial charge in [-0.3, -0.25) is 4.79 Å². The number of rotatable bonds is 2. The Morgan fingerprint density at radius 2 is 1.93 bits per heavy atom. The van der Waals surface area contributed by atoms with E-state index in [1.165, 1.54) is 0 Å². The van der Waals surface area contributed by atoms with Crippen molar-refractivity contribution < 1.29 is 14.4 Å². The number of para-hydroxylation sites is 1. The summed E-state index contributed by atoms with van der Waals surface area (Å²) in [6.07, 6.45) is 0.874. The van der Waals surface area contributed by atoms with E-state index in [4.69, 9.17) is 27.7 Å². The number of ketones is 1. The SMILES string of the molecule is Cc1noc2c1[C@H](c1ccc(Cl)cc1Cl)C1=C(C[C@@H](c3ccccc3O)CC1=O)N2. The monoisotopic (exact) mass is 440 g/mol. The molecular weight excluding hydrogens is 423 g/mol. The van der Waals surface area contributed by atoms with Gasteiger partial charge < -0.3 is 14.9 Å². The number of nitrogens with zero attached hydrogens (tertiary/aromatic N) is 1. The van der Waals surface area contributed by atoms with Crippen LogP contribution in [0.1, 0.15) is 47.1 Å². The first kappa shape index (κ1) is 19.2. The van der Waals surface area contributed by atoms with Crippen molar-refractivity contribution in [1.29, 1.82) is 0 Å². The van der Waals surface area contributed by atoms with E-state index >= 15 is 0 Å². The van der Waals surface area contributed by atoms with Crippen LogP contribution in [0.2, 0.25) is 10.0 Å². The second-order valence-corrected chi connectivity index (χ2v) is 8.56. The highest BCUT2D eigenvalue weighted by Gasteiger charge is 2.42. The summed E-state index contributed by atoms with van der Waals surface area (Å²) in [7, 11) is 0. The van der Waals surface area contributed by atoms with Gasteiger partial charge in [0, 0.05) is 39.6 Å². The van der Waals surface area contributed by atoms with Crippen LogP contribution in [0.4, 0.5) is 5.88 Å². The number of nitrogens with one attached hydrogen (secondary N) is 1. The van der Waals surface area contributed by atoms with Gasteiger partial charge in [0.1, 0.15) is 5.75 Å². The number of phenols is 1. The molecule has 3 aromatic rings. The van der Waals surface area contributed by atoms with Gasteiger partial charge in [-0.1, -0.05) is 52.6 Å². The number of aromatic hydroxyl groups is 1. The molecule has 1 aliphatic carbocycles. The zero-order valence-corrected chi connectivity index (χ0v) is 17.6. The maximum Gasteiger partial charge on any atom is 0.233 e. The second-order valence-electron chi connectivity index (χ2n) is 7.71. The van der Waals surface area contributed by atoms with Gasteiger partial charge in [0.2, 0.25) is 5.88 Å². The zero-order chi connectivity index (χ0) is 21.0. The van der Waals surface area contributed by atoms with Gasteiger partial charge in [-0.05, 0) is 42.7 Å². The van der Waals surface area contributed by atoms with E-state index in [0.717, 1.165) is 22.4 Å². The Labute approximate surface area is 183 Å². The van der Waals surface area contributed by atoms with Crippen LogP contribution in [-0.4, -0.2) is 16.0 Å². The Hall–Kier alpha value is -2.76. The van der Waals surface area contributed by atoms with Crippen molar-refractivity contribution in [2.75, 3.05) is 5.32 Å². The number of halogens is 2. The molecule has 2 atom stereocenters. The largest absolute Gasteiger partial charge is 0.508 e. The van der Waals surface area contributed by atoms with E-state index in [1.807, 2.05) is 25.1 Å². The number of allylic oxidation sites excluding steroid dienone is 2. The van der Waals surface area contributed by atoms with Crippen LogP contribution >= 0.6 is 23.2 Å². The van der Waals surface area contributed by atoms with Gasteiger partial charge in [-0.2, -0.15) is 0 Å². The summed E-state index contributed by atoms with van der Waals surface area (Å²) < 4.78 is 5.53. The van der Waals surface area contributed by atoms with Gasteiger partial charge in [0.25, 0.3) is 0 Å². The lowest BCUT2D eigenvalue weighted by atomic mass is 9.72. The third-order valence-electron chi connectivity index (χ3n) is 5.91. The maximum atomic E-state index is 13.4. The molecule has 0 amide bonds. The van der Waals surface area contributed by atoms with E-state index < -0.39 is 0 Å². The predicted molar refractivity (Wildman–Crippen MR) is 115 cm³/mol. The number of hydrogen-bond donors (Lipinski definition) is 2. The van der Waals surface area contributed by atoms with Gasteiger partial charge in [0.15, 0.2) is 5.78 Å². The molecule has 7 heteroatoms. The molecule has 0 radical (unpaired) electrons. The summed E-state index contributed by atoms with van der Waals surface area (Å²) in [5.41, 5.74) is 4.52. The minimum atomic E-state index is -0.384. The summed E-state index contributed by atoms with van der Waals surface area (Å²) in [5.74, 6) is 0.220. The molecule has 5 rings (SSSR count). The van der Waals surface area contributed by atoms with Gasteiger partial charge >= 0.3 is 0 Å². The van der Waals surface area contributed by atoms with Crippen LogP contribution in [0.5, 0.6) is 5.75 Å². The molecule has 2 aromatic carbocycles. The van der Waals surface area contributed by atoms with E-state index in [0.29, 0.717) is 40.0 Å². The van der Waals surface area contributed by atoms with Crippen LogP contribution < -0.4 is 5.32 Å². The Morgan fingerprint density at radius 1 is 1.13 bits per heavy atom. The Balaban J connectivity index is 1.66. The van der Waals surface area contributed by atoms with Gasteiger partial charge in [-0.25, -0.2) is 0 Å². The average molecular weight is 441 g/mol. The number of Topliss-reactive ketones (excluding diaryl/α,β-unsaturated/α-hetero) is 1. The molecule has 0 saturated carbocycles. The van der Waals surface area contributed by atoms with Crippen LogP contribution in [0.15, 0.2) is 58.3 Å². The molecule has 2 aliphatic rings. The molecule has 0 fully saturated rings. The summed E-state index contributed by atoms with van der Waals surface area (Å²) >= 11 is 12.7. The lowest BCUT2D eigenvalue weighted by molar-refractivity contribution is -0.116. The van der Waals surface area contributed by atoms with E-state index in [1.54, 1.807) is 24.3 Å². The van der Waals surface area contributed by atoms with E-state index in [-0.39, 0.29) is 23.4 Å². The number of aromatic nitrogens is 1. The van der Waals surface area contributed by atoms with Crippen LogP contribution in [-0.2, 0) is 4.79 Å². The number of carbonyl (C=O) groups is 1. The maximum absolute atomic E-state index is 13.4. The molecule has 0 spiro atoms. The molecule has 5 nitrogen and oxygen atoms in total. The number of carbonyl (C=O) groups excluding carboxylic acids is 1. The second kappa shape index (κ2) is 7.18. The molecule has 0 bridgehead atoms. The molecular formula is C23H18Cl2N2O3. The third kappa shape index (κ3) is 3.01. The fraction of sp³-hybridized carbons (Fsp3) is 0.217. The lowest BCUT2D eigenvalue weighted by Crippen LogP contribution is -2.29. The topological polar surface area (TPSA) is 75.4 Å². The van der Waals surface area contributed by atoms with Gasteiger partial charge in [-0.15, -0.1) is 0 Å². The Bertz CT molecular complexity index is 1210. The van der Waals surface area contributed by atoms with Crippen molar-refractivity contribution in [3.8, 4) is 5.75 Å². The summed E-state index contributed by atoms with van der Waals surface area (Å²) in [6.45, 7) is 1.85. The van der Waals surface area contributed by atoms with Crippen molar-refractivity contribution in [1.82, 2.24) is 5.16 Å². The molecule has 0 saturated heterocycles. The minimum Gasteiger partial charge on any atom is -0.508 e. The van der Waals surface area contributed by atoms with Crippen LogP contribution in [0, 0.1) is 6.92 Å². The molecule has 0 unspecified atom stereocenters. The number of benzene rings is 2. The molecule has 2 heterocycles. The van der Waals surface area contributed by atoms with Crippen molar-refractivity contribution in [2.45, 2.75) is 31.6 Å². The molecule has 30 heavy (non-hydrogen) atoms. The minimum absolute atomic E-state index is 0.0132. The van der Waals surface area contributed by atoms with Crippen molar-refractivity contribution in [3.63, 3.8) is 0 Å².